The number of aromatic nitrogens is 2. The highest BCUT2D eigenvalue weighted by molar-refractivity contribution is 5.87. The Hall–Kier alpha value is -3.36. The molecule has 2 aromatic carbocycles. The van der Waals surface area contributed by atoms with Crippen molar-refractivity contribution >= 4 is 17.2 Å². The van der Waals surface area contributed by atoms with Crippen LogP contribution in [0.25, 0.3) is 22.4 Å². The minimum atomic E-state index is 0.108. The molecule has 48 heavy (non-hydrogen) atoms. The van der Waals surface area contributed by atoms with E-state index in [1.54, 1.807) is 0 Å². The number of aliphatic imine (C=N–C) groups is 1. The minimum absolute atomic E-state index is 0.108. The number of hydrogen-bond donors (Lipinski definition) is 0. The van der Waals surface area contributed by atoms with Gasteiger partial charge in [-0.25, -0.2) is 4.98 Å². The highest BCUT2D eigenvalue weighted by atomic mass is 16.5. The Kier molecular flexibility index (Phi) is 13.8. The lowest BCUT2D eigenvalue weighted by Gasteiger charge is -2.35. The van der Waals surface area contributed by atoms with E-state index in [0.29, 0.717) is 19.1 Å². The molecule has 1 fully saturated rings. The topological polar surface area (TPSA) is 64.3 Å². The molecule has 1 saturated carbocycles. The molecule has 1 aliphatic carbocycles. The van der Waals surface area contributed by atoms with Gasteiger partial charge in [0.05, 0.1) is 24.8 Å². The van der Waals surface area contributed by atoms with Crippen LogP contribution in [-0.4, -0.2) is 90.2 Å². The van der Waals surface area contributed by atoms with Crippen molar-refractivity contribution in [2.75, 3.05) is 52.5 Å². The molecule has 8 heteroatoms. The van der Waals surface area contributed by atoms with Crippen LogP contribution < -0.4 is 14.2 Å². The number of imidazole rings is 1. The maximum Gasteiger partial charge on any atom is 0.150 e. The van der Waals surface area contributed by atoms with Gasteiger partial charge in [-0.05, 0) is 95.0 Å². The van der Waals surface area contributed by atoms with Crippen LogP contribution in [0.2, 0.25) is 0 Å². The molecule has 0 bridgehead atoms. The summed E-state index contributed by atoms with van der Waals surface area (Å²) >= 11 is 0. The smallest absolute Gasteiger partial charge is 0.150 e. The van der Waals surface area contributed by atoms with Crippen molar-refractivity contribution in [3.8, 4) is 28.6 Å². The van der Waals surface area contributed by atoms with Crippen molar-refractivity contribution in [1.82, 2.24) is 19.4 Å². The number of fused-ring (bicyclic) bond motifs is 2. The Labute approximate surface area is 289 Å². The van der Waals surface area contributed by atoms with Gasteiger partial charge < -0.3 is 28.6 Å². The Morgan fingerprint density at radius 1 is 0.812 bits per heavy atom. The van der Waals surface area contributed by atoms with Crippen molar-refractivity contribution in [3.05, 3.63) is 48.6 Å². The number of benzene rings is 2. The zero-order valence-corrected chi connectivity index (χ0v) is 30.2. The first-order valence-corrected chi connectivity index (χ1v) is 18.8. The van der Waals surface area contributed by atoms with E-state index in [-0.39, 0.29) is 12.1 Å². The van der Waals surface area contributed by atoms with Crippen LogP contribution in [0.3, 0.4) is 0 Å². The van der Waals surface area contributed by atoms with Gasteiger partial charge in [0, 0.05) is 49.5 Å². The van der Waals surface area contributed by atoms with Crippen LogP contribution in [-0.2, 0) is 6.54 Å². The summed E-state index contributed by atoms with van der Waals surface area (Å²) in [5.74, 6) is 3.98. The maximum absolute atomic E-state index is 6.55. The molecule has 8 nitrogen and oxygen atoms in total. The van der Waals surface area contributed by atoms with Crippen LogP contribution in [0, 0.1) is 5.92 Å². The summed E-state index contributed by atoms with van der Waals surface area (Å²) in [6.45, 7) is 19.6. The number of nitrogens with zero attached hydrogens (tertiary/aromatic N) is 5. The second-order valence-electron chi connectivity index (χ2n) is 13.1. The molecule has 1 unspecified atom stereocenters. The molecule has 2 heterocycles. The standard InChI is InChI=1S/C40H59N5O3/c1-6-11-26-45-35-29-34(46-27-14-24-43(7-2)8-3)30-37(47-28-15-25-44(9-4)10-5)39(35)42-40(45)32-19-21-33(22-20-32)48-36-18-12-16-31-17-13-23-41-38(31)36/h13,17,19-23,29-31,36,38H,6-12,14-16,18,24-28H2,1-5H3/t31?,36-,38+/m0/s1. The highest BCUT2D eigenvalue weighted by Crippen LogP contribution is 2.37. The summed E-state index contributed by atoms with van der Waals surface area (Å²) in [5.41, 5.74) is 3.04. The summed E-state index contributed by atoms with van der Waals surface area (Å²) < 4.78 is 21.8. The average Bonchev–Trinajstić information content (AvgIpc) is 3.49. The second-order valence-corrected chi connectivity index (χ2v) is 13.1. The first kappa shape index (κ1) is 35.9. The number of ether oxygens (including phenoxy) is 3. The highest BCUT2D eigenvalue weighted by Gasteiger charge is 2.34. The molecule has 3 atom stereocenters. The van der Waals surface area contributed by atoms with E-state index in [1.165, 1.54) is 12.8 Å². The van der Waals surface area contributed by atoms with Gasteiger partial charge >= 0.3 is 0 Å². The van der Waals surface area contributed by atoms with Gasteiger partial charge in [0.25, 0.3) is 0 Å². The summed E-state index contributed by atoms with van der Waals surface area (Å²) in [7, 11) is 0. The Bertz CT molecular complexity index is 1460. The Morgan fingerprint density at radius 3 is 2.21 bits per heavy atom. The molecule has 2 aliphatic rings. The lowest BCUT2D eigenvalue weighted by Crippen LogP contribution is -2.40. The van der Waals surface area contributed by atoms with Crippen LogP contribution in [0.4, 0.5) is 0 Å². The number of allylic oxidation sites excluding steroid dienone is 1. The quantitative estimate of drug-likeness (QED) is 0.114. The lowest BCUT2D eigenvalue weighted by molar-refractivity contribution is 0.112. The maximum atomic E-state index is 6.55. The van der Waals surface area contributed by atoms with Gasteiger partial charge in [-0.1, -0.05) is 47.1 Å². The normalized spacial score (nSPS) is 18.9. The van der Waals surface area contributed by atoms with Crippen LogP contribution in [0.1, 0.15) is 79.6 Å². The summed E-state index contributed by atoms with van der Waals surface area (Å²) in [6, 6.07) is 12.9. The largest absolute Gasteiger partial charge is 0.493 e. The molecule has 1 aliphatic heterocycles. The van der Waals surface area contributed by atoms with Crippen LogP contribution in [0.15, 0.2) is 53.5 Å². The summed E-state index contributed by atoms with van der Waals surface area (Å²) in [6.07, 6.45) is 13.9. The van der Waals surface area contributed by atoms with E-state index in [2.05, 4.69) is 97.5 Å². The number of rotatable bonds is 20. The third kappa shape index (κ3) is 9.20. The predicted octanol–water partition coefficient (Wildman–Crippen LogP) is 8.28. The van der Waals surface area contributed by atoms with Crippen LogP contribution in [0.5, 0.6) is 17.2 Å². The molecule has 0 saturated heterocycles. The molecule has 0 N–H and O–H groups in total. The molecule has 262 valence electrons. The fourth-order valence-corrected chi connectivity index (χ4v) is 7.07. The number of unbranched alkanes of at least 4 members (excludes halogenated alkanes) is 1. The van der Waals surface area contributed by atoms with E-state index in [4.69, 9.17) is 24.2 Å². The molecule has 0 amide bonds. The van der Waals surface area contributed by atoms with Crippen molar-refractivity contribution in [1.29, 1.82) is 0 Å². The molecular formula is C40H59N5O3. The molecule has 0 radical (unpaired) electrons. The monoisotopic (exact) mass is 657 g/mol. The van der Waals surface area contributed by atoms with Crippen molar-refractivity contribution in [2.45, 2.75) is 98.3 Å². The first-order valence-electron chi connectivity index (χ1n) is 18.8. The van der Waals surface area contributed by atoms with E-state index in [1.807, 2.05) is 6.21 Å². The Morgan fingerprint density at radius 2 is 1.52 bits per heavy atom. The molecule has 1 aromatic heterocycles. The minimum Gasteiger partial charge on any atom is -0.493 e. The van der Waals surface area contributed by atoms with Gasteiger partial charge in [-0.15, -0.1) is 0 Å². The van der Waals surface area contributed by atoms with Crippen molar-refractivity contribution in [2.24, 2.45) is 10.9 Å². The molecule has 5 rings (SSSR count). The fraction of sp³-hybridized carbons (Fsp3) is 0.600. The van der Waals surface area contributed by atoms with Crippen molar-refractivity contribution in [3.63, 3.8) is 0 Å². The third-order valence-electron chi connectivity index (χ3n) is 10.0. The van der Waals surface area contributed by atoms with Gasteiger partial charge in [0.2, 0.25) is 0 Å². The molecule has 3 aromatic rings. The van der Waals surface area contributed by atoms with Gasteiger partial charge in [-0.2, -0.15) is 0 Å². The lowest BCUT2D eigenvalue weighted by atomic mass is 9.81. The third-order valence-corrected chi connectivity index (χ3v) is 10.0. The zero-order valence-electron chi connectivity index (χ0n) is 30.2. The van der Waals surface area contributed by atoms with E-state index < -0.39 is 0 Å². The number of aryl methyl sites for hydroxylation is 1. The van der Waals surface area contributed by atoms with Crippen LogP contribution >= 0.6 is 0 Å². The molecule has 0 spiro atoms. The fourth-order valence-electron chi connectivity index (χ4n) is 7.07. The number of dihydropyridines is 1. The second kappa shape index (κ2) is 18.4. The summed E-state index contributed by atoms with van der Waals surface area (Å²) in [5, 5.41) is 0. The SMILES string of the molecule is CCCCn1c(-c2ccc(O[C@H]3CCCC4C=CC=N[C@H]43)cc2)nc2c(OCCCN(CC)CC)cc(OCCCN(CC)CC)cc21. The van der Waals surface area contributed by atoms with E-state index >= 15 is 0 Å². The zero-order chi connectivity index (χ0) is 33.7. The molecular weight excluding hydrogens is 598 g/mol. The summed E-state index contributed by atoms with van der Waals surface area (Å²) in [4.78, 5) is 14.9. The van der Waals surface area contributed by atoms with Gasteiger partial charge in [-0.3, -0.25) is 4.99 Å². The van der Waals surface area contributed by atoms with E-state index in [0.717, 1.165) is 118 Å². The average molecular weight is 658 g/mol. The first-order chi connectivity index (χ1) is 23.6. The van der Waals surface area contributed by atoms with Gasteiger partial charge in [0.15, 0.2) is 5.75 Å². The van der Waals surface area contributed by atoms with Crippen molar-refractivity contribution < 1.29 is 14.2 Å². The number of hydrogen-bond acceptors (Lipinski definition) is 7. The Balaban J connectivity index is 1.40. The predicted molar refractivity (Wildman–Crippen MR) is 199 cm³/mol. The van der Waals surface area contributed by atoms with E-state index in [9.17, 15) is 0 Å². The van der Waals surface area contributed by atoms with Gasteiger partial charge in [0.1, 0.15) is 28.9 Å².